The van der Waals surface area contributed by atoms with Crippen molar-refractivity contribution in [3.8, 4) is 6.07 Å². The van der Waals surface area contributed by atoms with Crippen LogP contribution >= 0.6 is 0 Å². The number of benzene rings is 1. The molecule has 2 rings (SSSR count). The van der Waals surface area contributed by atoms with E-state index >= 15 is 0 Å². The van der Waals surface area contributed by atoms with Crippen LogP contribution in [0.25, 0.3) is 0 Å². The van der Waals surface area contributed by atoms with Crippen molar-refractivity contribution < 1.29 is 4.39 Å². The molecule has 13 heavy (non-hydrogen) atoms. The second-order valence-corrected chi connectivity index (χ2v) is 3.87. The number of nitrogens with zero attached hydrogens (tertiary/aromatic N) is 1. The van der Waals surface area contributed by atoms with Crippen LogP contribution in [0.15, 0.2) is 18.2 Å². The molecule has 1 nitrogen and oxygen atoms in total. The molecule has 0 atom stereocenters. The highest BCUT2D eigenvalue weighted by molar-refractivity contribution is 5.38. The van der Waals surface area contributed by atoms with E-state index in [0.29, 0.717) is 0 Å². The van der Waals surface area contributed by atoms with Gasteiger partial charge in [-0.1, -0.05) is 13.0 Å². The van der Waals surface area contributed by atoms with Gasteiger partial charge in [0, 0.05) is 0 Å². The van der Waals surface area contributed by atoms with E-state index in [9.17, 15) is 4.39 Å². The van der Waals surface area contributed by atoms with Crippen molar-refractivity contribution in [1.29, 1.82) is 5.26 Å². The van der Waals surface area contributed by atoms with Gasteiger partial charge in [-0.2, -0.15) is 5.26 Å². The number of rotatable bonds is 1. The fraction of sp³-hybridized carbons (Fsp3) is 0.364. The molecule has 1 saturated carbocycles. The molecule has 0 saturated heterocycles. The summed E-state index contributed by atoms with van der Waals surface area (Å²) in [6, 6.07) is 6.73. The maximum atomic E-state index is 13.2. The Kier molecular flexibility index (Phi) is 1.63. The molecule has 0 spiro atoms. The van der Waals surface area contributed by atoms with Crippen molar-refractivity contribution in [1.82, 2.24) is 0 Å². The van der Waals surface area contributed by atoms with Crippen LogP contribution in [0, 0.1) is 17.1 Å². The molecule has 0 aliphatic heterocycles. The molecule has 1 aliphatic carbocycles. The third kappa shape index (κ3) is 1.31. The van der Waals surface area contributed by atoms with Crippen LogP contribution in [-0.2, 0) is 5.41 Å². The lowest BCUT2D eigenvalue weighted by Gasteiger charge is -2.08. The lowest BCUT2D eigenvalue weighted by molar-refractivity contribution is 0.617. The topological polar surface area (TPSA) is 23.8 Å². The first-order valence-corrected chi connectivity index (χ1v) is 4.36. The lowest BCUT2D eigenvalue weighted by Crippen LogP contribution is -2.00. The molecule has 0 amide bonds. The molecule has 0 unspecified atom stereocenters. The molecule has 1 aromatic carbocycles. The van der Waals surface area contributed by atoms with Crippen molar-refractivity contribution in [2.45, 2.75) is 25.2 Å². The van der Waals surface area contributed by atoms with Gasteiger partial charge >= 0.3 is 0 Å². The van der Waals surface area contributed by atoms with Gasteiger partial charge in [-0.3, -0.25) is 0 Å². The second-order valence-electron chi connectivity index (χ2n) is 3.87. The molecule has 0 aromatic heterocycles. The Labute approximate surface area is 76.8 Å². The van der Waals surface area contributed by atoms with Crippen LogP contribution in [0.5, 0.6) is 0 Å². The summed E-state index contributed by atoms with van der Waals surface area (Å²) in [5.74, 6) is -0.395. The zero-order valence-corrected chi connectivity index (χ0v) is 7.47. The van der Waals surface area contributed by atoms with Crippen molar-refractivity contribution in [2.75, 3.05) is 0 Å². The number of nitriles is 1. The Morgan fingerprint density at radius 1 is 1.46 bits per heavy atom. The van der Waals surface area contributed by atoms with Crippen molar-refractivity contribution >= 4 is 0 Å². The second kappa shape index (κ2) is 2.56. The van der Waals surface area contributed by atoms with Gasteiger partial charge in [0.2, 0.25) is 0 Å². The summed E-state index contributed by atoms with van der Waals surface area (Å²) < 4.78 is 13.2. The summed E-state index contributed by atoms with van der Waals surface area (Å²) in [6.45, 7) is 2.12. The fourth-order valence-electron chi connectivity index (χ4n) is 1.46. The van der Waals surface area contributed by atoms with E-state index in [-0.39, 0.29) is 11.0 Å². The largest absolute Gasteiger partial charge is 0.206 e. The zero-order chi connectivity index (χ0) is 9.47. The maximum Gasteiger partial charge on any atom is 0.141 e. The van der Waals surface area contributed by atoms with E-state index in [1.165, 1.54) is 6.07 Å². The van der Waals surface area contributed by atoms with Crippen LogP contribution in [0.3, 0.4) is 0 Å². The van der Waals surface area contributed by atoms with Crippen LogP contribution < -0.4 is 0 Å². The first kappa shape index (κ1) is 8.25. The van der Waals surface area contributed by atoms with Crippen LogP contribution in [-0.4, -0.2) is 0 Å². The molecular formula is C11H10FN. The molecule has 0 bridgehead atoms. The highest BCUT2D eigenvalue weighted by Gasteiger charge is 2.39. The van der Waals surface area contributed by atoms with E-state index in [0.717, 1.165) is 18.4 Å². The summed E-state index contributed by atoms with van der Waals surface area (Å²) in [5, 5.41) is 8.54. The quantitative estimate of drug-likeness (QED) is 0.643. The van der Waals surface area contributed by atoms with Crippen LogP contribution in [0.2, 0.25) is 0 Å². The Morgan fingerprint density at radius 3 is 2.62 bits per heavy atom. The predicted octanol–water partition coefficient (Wildman–Crippen LogP) is 2.75. The molecule has 0 radical (unpaired) electrons. The molecule has 1 aliphatic rings. The van der Waals surface area contributed by atoms with Crippen LogP contribution in [0.4, 0.5) is 4.39 Å². The lowest BCUT2D eigenvalue weighted by atomic mass is 9.97. The Bertz CT molecular complexity index is 386. The molecule has 0 N–H and O–H groups in total. The van der Waals surface area contributed by atoms with E-state index in [2.05, 4.69) is 6.92 Å². The third-order valence-corrected chi connectivity index (χ3v) is 2.79. The van der Waals surface area contributed by atoms with E-state index in [4.69, 9.17) is 5.26 Å². The normalized spacial score (nSPS) is 17.9. The van der Waals surface area contributed by atoms with Gasteiger partial charge in [0.1, 0.15) is 11.9 Å². The van der Waals surface area contributed by atoms with Gasteiger partial charge in [-0.15, -0.1) is 0 Å². The molecule has 1 fully saturated rings. The smallest absolute Gasteiger partial charge is 0.141 e. The summed E-state index contributed by atoms with van der Waals surface area (Å²) in [5.41, 5.74) is 1.33. The van der Waals surface area contributed by atoms with Crippen molar-refractivity contribution in [3.05, 3.63) is 35.1 Å². The molecule has 1 aromatic rings. The fourth-order valence-corrected chi connectivity index (χ4v) is 1.46. The number of hydrogen-bond acceptors (Lipinski definition) is 1. The van der Waals surface area contributed by atoms with Crippen LogP contribution in [0.1, 0.15) is 30.9 Å². The molecular weight excluding hydrogens is 165 g/mol. The molecule has 2 heteroatoms. The van der Waals surface area contributed by atoms with Crippen molar-refractivity contribution in [2.24, 2.45) is 0 Å². The minimum Gasteiger partial charge on any atom is -0.206 e. The average molecular weight is 175 g/mol. The highest BCUT2D eigenvalue weighted by Crippen LogP contribution is 2.47. The molecule has 0 heterocycles. The standard InChI is InChI=1S/C11H10FN/c1-11(4-5-11)9-3-2-8(7-13)10(12)6-9/h2-3,6H,4-5H2,1H3. The zero-order valence-electron chi connectivity index (χ0n) is 7.47. The monoisotopic (exact) mass is 175 g/mol. The van der Waals surface area contributed by atoms with Gasteiger partial charge < -0.3 is 0 Å². The maximum absolute atomic E-state index is 13.2. The summed E-state index contributed by atoms with van der Waals surface area (Å²) in [6.07, 6.45) is 2.25. The Hall–Kier alpha value is -1.36. The van der Waals surface area contributed by atoms with Gasteiger partial charge in [0.15, 0.2) is 0 Å². The summed E-state index contributed by atoms with van der Waals surface area (Å²) >= 11 is 0. The third-order valence-electron chi connectivity index (χ3n) is 2.79. The SMILES string of the molecule is CC1(c2ccc(C#N)c(F)c2)CC1. The average Bonchev–Trinajstić information content (AvgIpc) is 2.85. The minimum atomic E-state index is -0.395. The van der Waals surface area contributed by atoms with Gasteiger partial charge in [-0.05, 0) is 36.0 Å². The van der Waals surface area contributed by atoms with Gasteiger partial charge in [0.05, 0.1) is 5.56 Å². The first-order chi connectivity index (χ1) is 6.15. The van der Waals surface area contributed by atoms with E-state index in [1.807, 2.05) is 12.1 Å². The molecule has 66 valence electrons. The van der Waals surface area contributed by atoms with Gasteiger partial charge in [-0.25, -0.2) is 4.39 Å². The Morgan fingerprint density at radius 2 is 2.15 bits per heavy atom. The van der Waals surface area contributed by atoms with E-state index in [1.54, 1.807) is 6.07 Å². The number of hydrogen-bond donors (Lipinski definition) is 0. The highest BCUT2D eigenvalue weighted by atomic mass is 19.1. The Balaban J connectivity index is 2.43. The number of halogens is 1. The van der Waals surface area contributed by atoms with E-state index < -0.39 is 5.82 Å². The summed E-state index contributed by atoms with van der Waals surface area (Å²) in [7, 11) is 0. The predicted molar refractivity (Wildman–Crippen MR) is 47.7 cm³/mol. The summed E-state index contributed by atoms with van der Waals surface area (Å²) in [4.78, 5) is 0. The first-order valence-electron chi connectivity index (χ1n) is 4.36. The minimum absolute atomic E-state index is 0.132. The van der Waals surface area contributed by atoms with Crippen molar-refractivity contribution in [3.63, 3.8) is 0 Å². The van der Waals surface area contributed by atoms with Gasteiger partial charge in [0.25, 0.3) is 0 Å².